The Kier molecular flexibility index (Phi) is 1.33. The number of benzene rings is 2. The molecule has 0 amide bonds. The maximum Gasteiger partial charge on any atom is 0.134 e. The van der Waals surface area contributed by atoms with Crippen molar-refractivity contribution in [3.8, 4) is 0 Å². The monoisotopic (exact) mass is 208 g/mol. The van der Waals surface area contributed by atoms with Crippen LogP contribution in [0.4, 0.5) is 0 Å². The summed E-state index contributed by atoms with van der Waals surface area (Å²) in [4.78, 5) is 0. The molecule has 76 valence electrons. The van der Waals surface area contributed by atoms with Crippen molar-refractivity contribution in [2.24, 2.45) is 0 Å². The molecule has 0 bridgehead atoms. The van der Waals surface area contributed by atoms with Gasteiger partial charge in [-0.1, -0.05) is 12.1 Å². The summed E-state index contributed by atoms with van der Waals surface area (Å²) in [6.07, 6.45) is 5.27. The molecule has 0 unspecified atom stereocenters. The van der Waals surface area contributed by atoms with Crippen molar-refractivity contribution >= 4 is 32.5 Å². The molecule has 0 N–H and O–H groups in total. The van der Waals surface area contributed by atoms with E-state index in [1.54, 1.807) is 18.8 Å². The van der Waals surface area contributed by atoms with Crippen LogP contribution in [0.25, 0.3) is 32.5 Å². The Hall–Kier alpha value is -2.22. The fraction of sp³-hybridized carbons (Fsp3) is 0. The highest BCUT2D eigenvalue weighted by Gasteiger charge is 2.05. The zero-order valence-electron chi connectivity index (χ0n) is 8.44. The first-order chi connectivity index (χ1) is 7.92. The Labute approximate surface area is 91.1 Å². The van der Waals surface area contributed by atoms with Crippen LogP contribution >= 0.6 is 0 Å². The van der Waals surface area contributed by atoms with Gasteiger partial charge < -0.3 is 8.83 Å². The van der Waals surface area contributed by atoms with Crippen molar-refractivity contribution in [3.05, 3.63) is 49.1 Å². The third-order valence-electron chi connectivity index (χ3n) is 3.05. The van der Waals surface area contributed by atoms with Crippen LogP contribution in [0.3, 0.4) is 0 Å². The van der Waals surface area contributed by atoms with Crippen LogP contribution in [0.2, 0.25) is 0 Å². The standard InChI is InChI=1S/C14H8O2/c1-2-11-7-15-8-13(11)12-6-14-10(3-4-16-14)5-9(1)12/h1-8H. The van der Waals surface area contributed by atoms with Crippen LogP contribution in [-0.4, -0.2) is 0 Å². The Morgan fingerprint density at radius 1 is 0.750 bits per heavy atom. The first-order valence-corrected chi connectivity index (χ1v) is 5.18. The lowest BCUT2D eigenvalue weighted by Gasteiger charge is -1.99. The Morgan fingerprint density at radius 3 is 2.69 bits per heavy atom. The molecule has 0 radical (unpaired) electrons. The highest BCUT2D eigenvalue weighted by Crippen LogP contribution is 2.30. The molecule has 0 aliphatic heterocycles. The minimum Gasteiger partial charge on any atom is -0.471 e. The van der Waals surface area contributed by atoms with Gasteiger partial charge in [0.05, 0.1) is 18.8 Å². The highest BCUT2D eigenvalue weighted by atomic mass is 16.3. The summed E-state index contributed by atoms with van der Waals surface area (Å²) in [7, 11) is 0. The number of hydrogen-bond acceptors (Lipinski definition) is 2. The predicted octanol–water partition coefficient (Wildman–Crippen LogP) is 4.33. The largest absolute Gasteiger partial charge is 0.471 e. The number of rotatable bonds is 0. The molecular formula is C14H8O2. The van der Waals surface area contributed by atoms with Gasteiger partial charge in [0.25, 0.3) is 0 Å². The maximum absolute atomic E-state index is 5.42. The van der Waals surface area contributed by atoms with Gasteiger partial charge in [-0.15, -0.1) is 0 Å². The van der Waals surface area contributed by atoms with Crippen LogP contribution in [-0.2, 0) is 0 Å². The van der Waals surface area contributed by atoms with Gasteiger partial charge in [0.15, 0.2) is 0 Å². The van der Waals surface area contributed by atoms with E-state index in [-0.39, 0.29) is 0 Å². The summed E-state index contributed by atoms with van der Waals surface area (Å²) < 4.78 is 10.7. The first-order valence-electron chi connectivity index (χ1n) is 5.18. The lowest BCUT2D eigenvalue weighted by atomic mass is 10.0. The third kappa shape index (κ3) is 0.910. The smallest absolute Gasteiger partial charge is 0.134 e. The predicted molar refractivity (Wildman–Crippen MR) is 63.5 cm³/mol. The van der Waals surface area contributed by atoms with Gasteiger partial charge in [-0.05, 0) is 29.0 Å². The molecule has 4 rings (SSSR count). The fourth-order valence-corrected chi connectivity index (χ4v) is 2.23. The van der Waals surface area contributed by atoms with Crippen molar-refractivity contribution in [2.45, 2.75) is 0 Å². The van der Waals surface area contributed by atoms with E-state index >= 15 is 0 Å². The SMILES string of the molecule is c1cc2cc3ccc4cocc4c3cc2o1. The fourth-order valence-electron chi connectivity index (χ4n) is 2.23. The molecule has 2 heteroatoms. The molecule has 4 aromatic rings. The molecule has 0 aliphatic rings. The van der Waals surface area contributed by atoms with E-state index in [0.29, 0.717) is 0 Å². The molecular weight excluding hydrogens is 200 g/mol. The average molecular weight is 208 g/mol. The highest BCUT2D eigenvalue weighted by molar-refractivity contribution is 6.10. The lowest BCUT2D eigenvalue weighted by molar-refractivity contribution is 0.572. The normalized spacial score (nSPS) is 11.8. The molecule has 0 saturated carbocycles. The zero-order valence-corrected chi connectivity index (χ0v) is 8.44. The molecule has 2 aromatic heterocycles. The van der Waals surface area contributed by atoms with Crippen LogP contribution < -0.4 is 0 Å². The average Bonchev–Trinajstić information content (AvgIpc) is 2.94. The van der Waals surface area contributed by atoms with Crippen LogP contribution in [0.1, 0.15) is 0 Å². The van der Waals surface area contributed by atoms with Gasteiger partial charge in [-0.25, -0.2) is 0 Å². The van der Waals surface area contributed by atoms with E-state index in [9.17, 15) is 0 Å². The molecule has 2 heterocycles. The van der Waals surface area contributed by atoms with Gasteiger partial charge >= 0.3 is 0 Å². The topological polar surface area (TPSA) is 26.3 Å². The Bertz CT molecular complexity index is 804. The quantitative estimate of drug-likeness (QED) is 0.430. The van der Waals surface area contributed by atoms with Gasteiger partial charge in [0, 0.05) is 16.2 Å². The Morgan fingerprint density at radius 2 is 1.69 bits per heavy atom. The number of furan rings is 2. The second-order valence-corrected chi connectivity index (χ2v) is 3.97. The van der Waals surface area contributed by atoms with Crippen molar-refractivity contribution in [1.29, 1.82) is 0 Å². The van der Waals surface area contributed by atoms with Crippen LogP contribution in [0, 0.1) is 0 Å². The van der Waals surface area contributed by atoms with Crippen molar-refractivity contribution in [2.75, 3.05) is 0 Å². The van der Waals surface area contributed by atoms with E-state index in [2.05, 4.69) is 24.3 Å². The summed E-state index contributed by atoms with van der Waals surface area (Å²) in [5.41, 5.74) is 0.918. The Balaban J connectivity index is 2.33. The second-order valence-electron chi connectivity index (χ2n) is 3.97. The van der Waals surface area contributed by atoms with E-state index in [1.807, 2.05) is 6.07 Å². The summed E-state index contributed by atoms with van der Waals surface area (Å²) >= 11 is 0. The van der Waals surface area contributed by atoms with Crippen LogP contribution in [0.15, 0.2) is 58.0 Å². The molecule has 2 aromatic carbocycles. The summed E-state index contributed by atoms with van der Waals surface area (Å²) in [6, 6.07) is 10.4. The van der Waals surface area contributed by atoms with Gasteiger partial charge in [0.2, 0.25) is 0 Å². The van der Waals surface area contributed by atoms with Crippen molar-refractivity contribution < 1.29 is 8.83 Å². The first kappa shape index (κ1) is 7.99. The molecule has 0 saturated heterocycles. The molecule has 0 fully saturated rings. The number of fused-ring (bicyclic) bond motifs is 4. The molecule has 0 aliphatic carbocycles. The van der Waals surface area contributed by atoms with Gasteiger partial charge in [-0.3, -0.25) is 0 Å². The van der Waals surface area contributed by atoms with Crippen molar-refractivity contribution in [3.63, 3.8) is 0 Å². The number of hydrogen-bond donors (Lipinski definition) is 0. The summed E-state index contributed by atoms with van der Waals surface area (Å²) in [5.74, 6) is 0. The van der Waals surface area contributed by atoms with Gasteiger partial charge in [0.1, 0.15) is 5.58 Å². The van der Waals surface area contributed by atoms with E-state index in [1.165, 1.54) is 10.8 Å². The zero-order chi connectivity index (χ0) is 10.5. The molecule has 0 atom stereocenters. The molecule has 16 heavy (non-hydrogen) atoms. The molecule has 2 nitrogen and oxygen atoms in total. The van der Waals surface area contributed by atoms with Crippen molar-refractivity contribution in [1.82, 2.24) is 0 Å². The lowest BCUT2D eigenvalue weighted by Crippen LogP contribution is -1.73. The molecule has 0 spiro atoms. The van der Waals surface area contributed by atoms with E-state index in [4.69, 9.17) is 8.83 Å². The summed E-state index contributed by atoms with van der Waals surface area (Å²) in [6.45, 7) is 0. The minimum atomic E-state index is 0.918. The minimum absolute atomic E-state index is 0.918. The van der Waals surface area contributed by atoms with E-state index < -0.39 is 0 Å². The second kappa shape index (κ2) is 2.67. The third-order valence-corrected chi connectivity index (χ3v) is 3.05. The maximum atomic E-state index is 5.42. The summed E-state index contributed by atoms with van der Waals surface area (Å²) in [5, 5.41) is 5.78. The van der Waals surface area contributed by atoms with Crippen LogP contribution in [0.5, 0.6) is 0 Å². The van der Waals surface area contributed by atoms with E-state index in [0.717, 1.165) is 21.7 Å². The van der Waals surface area contributed by atoms with Gasteiger partial charge in [-0.2, -0.15) is 0 Å².